The van der Waals surface area contributed by atoms with Gasteiger partial charge in [-0.05, 0) is 23.8 Å². The summed E-state index contributed by atoms with van der Waals surface area (Å²) in [5.74, 6) is -0.328. The summed E-state index contributed by atoms with van der Waals surface area (Å²) in [5, 5.41) is 5.76. The second kappa shape index (κ2) is 6.73. The molecule has 0 aliphatic carbocycles. The molecule has 0 bridgehead atoms. The first-order valence-electron chi connectivity index (χ1n) is 6.02. The number of amides is 2. The molecule has 2 amide bonds. The first-order chi connectivity index (χ1) is 9.70. The van der Waals surface area contributed by atoms with Crippen molar-refractivity contribution in [1.29, 1.82) is 0 Å². The average Bonchev–Trinajstić information content (AvgIpc) is 2.45. The first-order valence-corrected chi connectivity index (χ1v) is 6.39. The van der Waals surface area contributed by atoms with Gasteiger partial charge in [0.05, 0.1) is 0 Å². The highest BCUT2D eigenvalue weighted by Crippen LogP contribution is 2.18. The number of carbonyl (C=O) groups excluding carboxylic acids is 2. The van der Waals surface area contributed by atoms with Crippen molar-refractivity contribution in [2.45, 2.75) is 6.04 Å². The minimum Gasteiger partial charge on any atom is -0.343 e. The first kappa shape index (κ1) is 14.1. The van der Waals surface area contributed by atoms with Gasteiger partial charge in [0, 0.05) is 10.7 Å². The zero-order valence-electron chi connectivity index (χ0n) is 10.5. The minimum absolute atomic E-state index is 0.328. The maximum atomic E-state index is 12.2. The Morgan fingerprint density at radius 2 is 1.85 bits per heavy atom. The lowest BCUT2D eigenvalue weighted by Crippen LogP contribution is -2.32. The van der Waals surface area contributed by atoms with E-state index in [4.69, 9.17) is 11.6 Å². The quantitative estimate of drug-likeness (QED) is 0.831. The van der Waals surface area contributed by atoms with Crippen LogP contribution in [0.3, 0.4) is 0 Å². The largest absolute Gasteiger partial charge is 0.343 e. The summed E-state index contributed by atoms with van der Waals surface area (Å²) in [7, 11) is 0. The molecule has 1 atom stereocenters. The highest BCUT2D eigenvalue weighted by Gasteiger charge is 2.19. The van der Waals surface area contributed by atoms with Gasteiger partial charge >= 0.3 is 0 Å². The number of carbonyl (C=O) groups is 2. The van der Waals surface area contributed by atoms with Crippen molar-refractivity contribution in [3.8, 4) is 0 Å². The number of hydrogen-bond acceptors (Lipinski definition) is 2. The molecule has 0 aromatic heterocycles. The summed E-state index contributed by atoms with van der Waals surface area (Å²) in [5.41, 5.74) is 1.29. The van der Waals surface area contributed by atoms with Crippen LogP contribution in [-0.2, 0) is 9.59 Å². The van der Waals surface area contributed by atoms with Crippen LogP contribution in [0.2, 0.25) is 5.02 Å². The smallest absolute Gasteiger partial charge is 0.251 e. The molecular weight excluding hydrogens is 276 g/mol. The van der Waals surface area contributed by atoms with E-state index in [1.54, 1.807) is 36.4 Å². The summed E-state index contributed by atoms with van der Waals surface area (Å²) in [4.78, 5) is 22.9. The summed E-state index contributed by atoms with van der Waals surface area (Å²) in [6, 6.07) is 15.1. The Hall–Kier alpha value is -2.33. The minimum atomic E-state index is -0.743. The van der Waals surface area contributed by atoms with Gasteiger partial charge < -0.3 is 10.6 Å². The van der Waals surface area contributed by atoms with Crippen molar-refractivity contribution in [3.63, 3.8) is 0 Å². The van der Waals surface area contributed by atoms with Crippen LogP contribution in [0.25, 0.3) is 0 Å². The zero-order chi connectivity index (χ0) is 14.4. The van der Waals surface area contributed by atoms with Gasteiger partial charge in [-0.1, -0.05) is 48.0 Å². The van der Waals surface area contributed by atoms with Crippen molar-refractivity contribution >= 4 is 29.6 Å². The molecule has 4 nitrogen and oxygen atoms in total. The highest BCUT2D eigenvalue weighted by atomic mass is 35.5. The molecule has 0 saturated heterocycles. The van der Waals surface area contributed by atoms with Crippen molar-refractivity contribution in [2.24, 2.45) is 0 Å². The molecule has 20 heavy (non-hydrogen) atoms. The van der Waals surface area contributed by atoms with Gasteiger partial charge in [0.2, 0.25) is 6.41 Å². The molecule has 0 fully saturated rings. The molecule has 2 aromatic rings. The van der Waals surface area contributed by atoms with Gasteiger partial charge in [-0.3, -0.25) is 9.59 Å². The Kier molecular flexibility index (Phi) is 4.74. The molecular formula is C15H13ClN2O2. The number of anilines is 1. The third-order valence-electron chi connectivity index (χ3n) is 2.72. The van der Waals surface area contributed by atoms with Crippen molar-refractivity contribution in [1.82, 2.24) is 5.32 Å². The van der Waals surface area contributed by atoms with Gasteiger partial charge in [-0.2, -0.15) is 0 Å². The topological polar surface area (TPSA) is 58.2 Å². The predicted octanol–water partition coefficient (Wildman–Crippen LogP) is 2.77. The molecule has 2 N–H and O–H groups in total. The van der Waals surface area contributed by atoms with E-state index in [1.165, 1.54) is 0 Å². The van der Waals surface area contributed by atoms with Crippen LogP contribution >= 0.6 is 11.6 Å². The number of halogens is 1. The molecule has 0 spiro atoms. The molecule has 0 radical (unpaired) electrons. The van der Waals surface area contributed by atoms with E-state index < -0.39 is 6.04 Å². The molecule has 2 aromatic carbocycles. The number of rotatable bonds is 5. The fourth-order valence-electron chi connectivity index (χ4n) is 1.82. The maximum absolute atomic E-state index is 12.2. The van der Waals surface area contributed by atoms with Crippen LogP contribution in [-0.4, -0.2) is 12.3 Å². The molecule has 0 aliphatic rings. The SMILES string of the molecule is O=CNC(C(=O)Nc1cccc(Cl)c1)c1ccccc1. The molecule has 102 valence electrons. The average molecular weight is 289 g/mol. The third kappa shape index (κ3) is 3.59. The molecule has 1 unspecified atom stereocenters. The van der Waals surface area contributed by atoms with Crippen LogP contribution in [0.4, 0.5) is 5.69 Å². The monoisotopic (exact) mass is 288 g/mol. The highest BCUT2D eigenvalue weighted by molar-refractivity contribution is 6.30. The Morgan fingerprint density at radius 3 is 2.50 bits per heavy atom. The Bertz CT molecular complexity index is 602. The van der Waals surface area contributed by atoms with E-state index in [-0.39, 0.29) is 5.91 Å². The fourth-order valence-corrected chi connectivity index (χ4v) is 2.01. The van der Waals surface area contributed by atoms with Gasteiger partial charge in [-0.15, -0.1) is 0 Å². The second-order valence-corrected chi connectivity index (χ2v) is 4.56. The van der Waals surface area contributed by atoms with Gasteiger partial charge in [-0.25, -0.2) is 0 Å². The third-order valence-corrected chi connectivity index (χ3v) is 2.96. The molecule has 0 saturated carbocycles. The lowest BCUT2D eigenvalue weighted by Gasteiger charge is -2.16. The number of nitrogens with one attached hydrogen (secondary N) is 2. The van der Waals surface area contributed by atoms with Crippen LogP contribution < -0.4 is 10.6 Å². The van der Waals surface area contributed by atoms with Crippen molar-refractivity contribution in [2.75, 3.05) is 5.32 Å². The molecule has 0 heterocycles. The predicted molar refractivity (Wildman–Crippen MR) is 78.5 cm³/mol. The fraction of sp³-hybridized carbons (Fsp3) is 0.0667. The van der Waals surface area contributed by atoms with Crippen LogP contribution in [0.5, 0.6) is 0 Å². The van der Waals surface area contributed by atoms with Gasteiger partial charge in [0.25, 0.3) is 5.91 Å². The number of benzene rings is 2. The second-order valence-electron chi connectivity index (χ2n) is 4.13. The standard InChI is InChI=1S/C15H13ClN2O2/c16-12-7-4-8-13(9-12)18-15(20)14(17-10-19)11-5-2-1-3-6-11/h1-10,14H,(H,17,19)(H,18,20). The van der Waals surface area contributed by atoms with Crippen LogP contribution in [0, 0.1) is 0 Å². The Morgan fingerprint density at radius 1 is 1.10 bits per heavy atom. The van der Waals surface area contributed by atoms with E-state index in [1.807, 2.05) is 18.2 Å². The van der Waals surface area contributed by atoms with Crippen molar-refractivity contribution < 1.29 is 9.59 Å². The summed E-state index contributed by atoms with van der Waals surface area (Å²) in [6.45, 7) is 0. The normalized spacial score (nSPS) is 11.4. The molecule has 0 aliphatic heterocycles. The van der Waals surface area contributed by atoms with Gasteiger partial charge in [0.1, 0.15) is 6.04 Å². The van der Waals surface area contributed by atoms with E-state index in [2.05, 4.69) is 10.6 Å². The molecule has 5 heteroatoms. The summed E-state index contributed by atoms with van der Waals surface area (Å²) < 4.78 is 0. The van der Waals surface area contributed by atoms with Crippen molar-refractivity contribution in [3.05, 3.63) is 65.2 Å². The Balaban J connectivity index is 2.17. The van der Waals surface area contributed by atoms with E-state index in [9.17, 15) is 9.59 Å². The number of hydrogen-bond donors (Lipinski definition) is 2. The zero-order valence-corrected chi connectivity index (χ0v) is 11.3. The van der Waals surface area contributed by atoms with E-state index in [0.29, 0.717) is 22.7 Å². The van der Waals surface area contributed by atoms with E-state index >= 15 is 0 Å². The maximum Gasteiger partial charge on any atom is 0.251 e. The van der Waals surface area contributed by atoms with Crippen LogP contribution in [0.15, 0.2) is 54.6 Å². The Labute approximate surface area is 121 Å². The summed E-state index contributed by atoms with van der Waals surface area (Å²) in [6.07, 6.45) is 0.509. The summed E-state index contributed by atoms with van der Waals surface area (Å²) >= 11 is 5.86. The van der Waals surface area contributed by atoms with E-state index in [0.717, 1.165) is 0 Å². The molecule has 2 rings (SSSR count). The van der Waals surface area contributed by atoms with Gasteiger partial charge in [0.15, 0.2) is 0 Å². The van der Waals surface area contributed by atoms with Crippen LogP contribution in [0.1, 0.15) is 11.6 Å². The lowest BCUT2D eigenvalue weighted by atomic mass is 10.1. The lowest BCUT2D eigenvalue weighted by molar-refractivity contribution is -0.121.